The number of non-ortho nitro benzene ring substituents is 1. The van der Waals surface area contributed by atoms with E-state index in [9.17, 15) is 10.1 Å². The van der Waals surface area contributed by atoms with Gasteiger partial charge >= 0.3 is 0 Å². The fourth-order valence-electron chi connectivity index (χ4n) is 3.08. The van der Waals surface area contributed by atoms with Crippen LogP contribution in [0.15, 0.2) is 30.5 Å². The summed E-state index contributed by atoms with van der Waals surface area (Å²) < 4.78 is 2.83. The lowest BCUT2D eigenvalue weighted by molar-refractivity contribution is -0.384. The minimum Gasteiger partial charge on any atom is -0.337 e. The third-order valence-electron chi connectivity index (χ3n) is 4.10. The van der Waals surface area contributed by atoms with Gasteiger partial charge in [0.05, 0.1) is 10.6 Å². The number of benzene rings is 1. The molecule has 110 valence electrons. The molecule has 0 unspecified atom stereocenters. The first kappa shape index (κ1) is 14.0. The molecule has 1 aromatic heterocycles. The second-order valence-electron chi connectivity index (χ2n) is 5.45. The number of nitrogens with zero attached hydrogens (tertiary/aromatic N) is 2. The summed E-state index contributed by atoms with van der Waals surface area (Å²) in [4.78, 5) is 13.7. The summed E-state index contributed by atoms with van der Waals surface area (Å²) in [5.74, 6) is 0. The Morgan fingerprint density at radius 1 is 1.29 bits per heavy atom. The van der Waals surface area contributed by atoms with Crippen LogP contribution >= 0.6 is 12.2 Å². The first-order chi connectivity index (χ1) is 10.2. The molecule has 0 aliphatic heterocycles. The van der Waals surface area contributed by atoms with Crippen LogP contribution in [0, 0.1) is 14.9 Å². The molecule has 6 heteroatoms. The number of rotatable bonds is 3. The van der Waals surface area contributed by atoms with Crippen molar-refractivity contribution in [1.82, 2.24) is 9.55 Å². The van der Waals surface area contributed by atoms with Gasteiger partial charge in [-0.2, -0.15) is 0 Å². The van der Waals surface area contributed by atoms with Gasteiger partial charge in [0, 0.05) is 29.9 Å². The highest BCUT2D eigenvalue weighted by Crippen LogP contribution is 2.33. The topological polar surface area (TPSA) is 63.9 Å². The lowest BCUT2D eigenvalue weighted by Crippen LogP contribution is -2.14. The molecular weight excluding hydrogens is 286 g/mol. The Hall–Kier alpha value is -1.95. The standard InChI is InChI=1S/C15H17N3O2S/c19-18(20)13-8-4-5-11(9-13)14-10-16-15(21)17(14)12-6-2-1-3-7-12/h4-5,8-10,12H,1-3,6-7H2,(H,16,21). The van der Waals surface area contributed by atoms with Crippen molar-refractivity contribution in [3.63, 3.8) is 0 Å². The maximum absolute atomic E-state index is 10.9. The molecule has 3 rings (SSSR count). The third kappa shape index (κ3) is 2.76. The Labute approximate surface area is 127 Å². The largest absolute Gasteiger partial charge is 0.337 e. The van der Waals surface area contributed by atoms with Gasteiger partial charge in [-0.3, -0.25) is 10.1 Å². The Morgan fingerprint density at radius 3 is 2.76 bits per heavy atom. The number of imidazole rings is 1. The van der Waals surface area contributed by atoms with Crippen molar-refractivity contribution < 1.29 is 4.92 Å². The summed E-state index contributed by atoms with van der Waals surface area (Å²) in [6, 6.07) is 7.12. The number of nitro benzene ring substituents is 1. The van der Waals surface area contributed by atoms with Crippen LogP contribution in [0.1, 0.15) is 38.1 Å². The third-order valence-corrected chi connectivity index (χ3v) is 4.42. The molecule has 1 aliphatic rings. The van der Waals surface area contributed by atoms with Gasteiger partial charge in [-0.05, 0) is 25.1 Å². The van der Waals surface area contributed by atoms with E-state index in [0.29, 0.717) is 10.8 Å². The van der Waals surface area contributed by atoms with Crippen LogP contribution in [-0.2, 0) is 0 Å². The fraction of sp³-hybridized carbons (Fsp3) is 0.400. The van der Waals surface area contributed by atoms with E-state index in [0.717, 1.165) is 24.1 Å². The minimum atomic E-state index is -0.365. The normalized spacial score (nSPS) is 16.0. The highest BCUT2D eigenvalue weighted by Gasteiger charge is 2.20. The van der Waals surface area contributed by atoms with Crippen molar-refractivity contribution >= 4 is 17.9 Å². The SMILES string of the molecule is O=[N+]([O-])c1cccc(-c2c[nH]c(=S)n2C2CCCCC2)c1. The van der Waals surface area contributed by atoms with Crippen molar-refractivity contribution in [2.24, 2.45) is 0 Å². The first-order valence-electron chi connectivity index (χ1n) is 7.21. The monoisotopic (exact) mass is 303 g/mol. The van der Waals surface area contributed by atoms with Crippen molar-refractivity contribution in [2.75, 3.05) is 0 Å². The van der Waals surface area contributed by atoms with Crippen LogP contribution in [0.4, 0.5) is 5.69 Å². The highest BCUT2D eigenvalue weighted by atomic mass is 32.1. The van der Waals surface area contributed by atoms with Crippen LogP contribution in [0.2, 0.25) is 0 Å². The zero-order valence-electron chi connectivity index (χ0n) is 11.6. The fourth-order valence-corrected chi connectivity index (χ4v) is 3.39. The molecule has 0 atom stereocenters. The zero-order valence-corrected chi connectivity index (χ0v) is 12.4. The van der Waals surface area contributed by atoms with Crippen LogP contribution in [0.3, 0.4) is 0 Å². The van der Waals surface area contributed by atoms with E-state index in [1.54, 1.807) is 12.1 Å². The molecule has 1 saturated carbocycles. The molecule has 0 bridgehead atoms. The van der Waals surface area contributed by atoms with Crippen molar-refractivity contribution in [3.05, 3.63) is 45.3 Å². The second kappa shape index (κ2) is 5.81. The highest BCUT2D eigenvalue weighted by molar-refractivity contribution is 7.71. The molecule has 0 spiro atoms. The average Bonchev–Trinajstić information content (AvgIpc) is 2.90. The van der Waals surface area contributed by atoms with Gasteiger partial charge in [0.1, 0.15) is 0 Å². The molecule has 1 aromatic carbocycles. The van der Waals surface area contributed by atoms with E-state index >= 15 is 0 Å². The van der Waals surface area contributed by atoms with Gasteiger partial charge in [0.15, 0.2) is 4.77 Å². The molecule has 1 heterocycles. The number of nitrogens with one attached hydrogen (secondary N) is 1. The predicted molar refractivity (Wildman–Crippen MR) is 83.8 cm³/mol. The smallest absolute Gasteiger partial charge is 0.270 e. The van der Waals surface area contributed by atoms with Gasteiger partial charge in [0.2, 0.25) is 0 Å². The number of nitro groups is 1. The van der Waals surface area contributed by atoms with E-state index in [1.807, 2.05) is 12.3 Å². The Bertz CT molecular complexity index is 714. The minimum absolute atomic E-state index is 0.106. The summed E-state index contributed by atoms with van der Waals surface area (Å²) in [6.45, 7) is 0. The first-order valence-corrected chi connectivity index (χ1v) is 7.62. The number of aromatic amines is 1. The number of hydrogen-bond donors (Lipinski definition) is 1. The maximum atomic E-state index is 10.9. The Morgan fingerprint density at radius 2 is 2.05 bits per heavy atom. The van der Waals surface area contributed by atoms with Crippen molar-refractivity contribution in [3.8, 4) is 11.3 Å². The lowest BCUT2D eigenvalue weighted by atomic mass is 9.95. The van der Waals surface area contributed by atoms with Crippen molar-refractivity contribution in [1.29, 1.82) is 0 Å². The molecule has 0 saturated heterocycles. The quantitative estimate of drug-likeness (QED) is 0.511. The van der Waals surface area contributed by atoms with Gasteiger partial charge in [-0.25, -0.2) is 0 Å². The summed E-state index contributed by atoms with van der Waals surface area (Å²) >= 11 is 5.41. The van der Waals surface area contributed by atoms with Gasteiger partial charge in [-0.15, -0.1) is 0 Å². The molecule has 0 amide bonds. The average molecular weight is 303 g/mol. The molecule has 0 radical (unpaired) electrons. The molecular formula is C15H17N3O2S. The Kier molecular flexibility index (Phi) is 3.88. The van der Waals surface area contributed by atoms with E-state index in [1.165, 1.54) is 25.3 Å². The predicted octanol–water partition coefficient (Wildman–Crippen LogP) is 4.63. The van der Waals surface area contributed by atoms with Gasteiger partial charge < -0.3 is 9.55 Å². The maximum Gasteiger partial charge on any atom is 0.270 e. The second-order valence-corrected chi connectivity index (χ2v) is 5.84. The van der Waals surface area contributed by atoms with E-state index in [4.69, 9.17) is 12.2 Å². The number of H-pyrrole nitrogens is 1. The van der Waals surface area contributed by atoms with Crippen LogP contribution in [0.5, 0.6) is 0 Å². The molecule has 1 aliphatic carbocycles. The summed E-state index contributed by atoms with van der Waals surface area (Å²) in [5.41, 5.74) is 1.88. The van der Waals surface area contributed by atoms with E-state index < -0.39 is 0 Å². The van der Waals surface area contributed by atoms with Crippen LogP contribution in [-0.4, -0.2) is 14.5 Å². The van der Waals surface area contributed by atoms with Gasteiger partial charge in [-0.1, -0.05) is 31.4 Å². The van der Waals surface area contributed by atoms with Crippen LogP contribution < -0.4 is 0 Å². The van der Waals surface area contributed by atoms with E-state index in [2.05, 4.69) is 9.55 Å². The summed E-state index contributed by atoms with van der Waals surface area (Å²) in [7, 11) is 0. The molecule has 21 heavy (non-hydrogen) atoms. The number of hydrogen-bond acceptors (Lipinski definition) is 3. The molecule has 1 N–H and O–H groups in total. The molecule has 5 nitrogen and oxygen atoms in total. The number of aromatic nitrogens is 2. The van der Waals surface area contributed by atoms with E-state index in [-0.39, 0.29) is 10.6 Å². The summed E-state index contributed by atoms with van der Waals surface area (Å²) in [6.07, 6.45) is 7.80. The summed E-state index contributed by atoms with van der Waals surface area (Å²) in [5, 5.41) is 10.9. The van der Waals surface area contributed by atoms with Gasteiger partial charge in [0.25, 0.3) is 5.69 Å². The molecule has 2 aromatic rings. The van der Waals surface area contributed by atoms with Crippen LogP contribution in [0.25, 0.3) is 11.3 Å². The zero-order chi connectivity index (χ0) is 14.8. The molecule has 1 fully saturated rings. The van der Waals surface area contributed by atoms with Crippen molar-refractivity contribution in [2.45, 2.75) is 38.1 Å². The lowest BCUT2D eigenvalue weighted by Gasteiger charge is -2.25. The Balaban J connectivity index is 2.05.